The molecule has 0 saturated heterocycles. The van der Waals surface area contributed by atoms with Crippen molar-refractivity contribution in [1.82, 2.24) is 9.38 Å². The van der Waals surface area contributed by atoms with Crippen LogP contribution < -0.4 is 5.32 Å². The normalized spacial score (nSPS) is 10.8. The lowest BCUT2D eigenvalue weighted by molar-refractivity contribution is 0.0690. The van der Waals surface area contributed by atoms with Crippen LogP contribution in [0.4, 0.5) is 11.5 Å². The van der Waals surface area contributed by atoms with Gasteiger partial charge in [-0.15, -0.1) is 0 Å². The van der Waals surface area contributed by atoms with Crippen LogP contribution in [0.3, 0.4) is 0 Å². The molecule has 0 aliphatic heterocycles. The van der Waals surface area contributed by atoms with Crippen molar-refractivity contribution in [2.45, 2.75) is 13.8 Å². The molecule has 0 saturated carbocycles. The highest BCUT2D eigenvalue weighted by Gasteiger charge is 2.18. The number of hydrogen-bond donors (Lipinski definition) is 2. The largest absolute Gasteiger partial charge is 0.476 e. The van der Waals surface area contributed by atoms with E-state index in [4.69, 9.17) is 0 Å². The summed E-state index contributed by atoms with van der Waals surface area (Å²) in [5, 5.41) is 12.6. The van der Waals surface area contributed by atoms with E-state index >= 15 is 0 Å². The quantitative estimate of drug-likeness (QED) is 0.772. The van der Waals surface area contributed by atoms with Crippen LogP contribution in [-0.4, -0.2) is 20.5 Å². The number of fused-ring (bicyclic) bond motifs is 1. The Morgan fingerprint density at radius 1 is 1.24 bits per heavy atom. The Hall–Kier alpha value is -2.82. The van der Waals surface area contributed by atoms with Crippen molar-refractivity contribution in [3.63, 3.8) is 0 Å². The summed E-state index contributed by atoms with van der Waals surface area (Å²) in [5.41, 5.74) is 3.73. The number of anilines is 2. The Morgan fingerprint density at radius 3 is 2.81 bits per heavy atom. The van der Waals surface area contributed by atoms with Crippen LogP contribution in [0.15, 0.2) is 42.6 Å². The van der Waals surface area contributed by atoms with Crippen molar-refractivity contribution in [2.75, 3.05) is 5.32 Å². The van der Waals surface area contributed by atoms with Crippen molar-refractivity contribution >= 4 is 23.1 Å². The second kappa shape index (κ2) is 4.94. The average molecular weight is 281 g/mol. The van der Waals surface area contributed by atoms with Crippen molar-refractivity contribution in [2.24, 2.45) is 0 Å². The molecule has 0 radical (unpaired) electrons. The van der Waals surface area contributed by atoms with Crippen LogP contribution in [0.25, 0.3) is 5.65 Å². The topological polar surface area (TPSA) is 66.6 Å². The maximum absolute atomic E-state index is 11.5. The molecular formula is C16H15N3O2. The molecule has 2 aromatic heterocycles. The lowest BCUT2D eigenvalue weighted by Gasteiger charge is -2.09. The van der Waals surface area contributed by atoms with Crippen molar-refractivity contribution in [3.05, 3.63) is 59.4 Å². The number of nitrogens with zero attached hydrogens (tertiary/aromatic N) is 2. The van der Waals surface area contributed by atoms with Gasteiger partial charge < -0.3 is 10.4 Å². The van der Waals surface area contributed by atoms with Gasteiger partial charge >= 0.3 is 5.97 Å². The standard InChI is InChI=1S/C16H15N3O2/c1-10-6-7-11(2)12(9-10)17-15-14(16(20)21)19-8-4-3-5-13(19)18-15/h3-9,17H,1-2H3,(H,20,21). The molecule has 0 atom stereocenters. The SMILES string of the molecule is Cc1ccc(C)c(Nc2nc3ccccn3c2C(=O)O)c1. The van der Waals surface area contributed by atoms with E-state index < -0.39 is 5.97 Å². The highest BCUT2D eigenvalue weighted by molar-refractivity contribution is 5.94. The number of carbonyl (C=O) groups is 1. The number of aromatic carboxylic acids is 1. The van der Waals surface area contributed by atoms with E-state index in [0.29, 0.717) is 11.5 Å². The molecule has 0 amide bonds. The number of rotatable bonds is 3. The first kappa shape index (κ1) is 13.2. The summed E-state index contributed by atoms with van der Waals surface area (Å²) in [5.74, 6) is -0.663. The third-order valence-electron chi connectivity index (χ3n) is 3.38. The molecule has 0 spiro atoms. The Kier molecular flexibility index (Phi) is 3.10. The fraction of sp³-hybridized carbons (Fsp3) is 0.125. The Morgan fingerprint density at radius 2 is 2.05 bits per heavy atom. The fourth-order valence-electron chi connectivity index (χ4n) is 2.29. The predicted molar refractivity (Wildman–Crippen MR) is 81.4 cm³/mol. The van der Waals surface area contributed by atoms with E-state index in [-0.39, 0.29) is 5.69 Å². The van der Waals surface area contributed by atoms with Gasteiger partial charge in [-0.05, 0) is 43.2 Å². The van der Waals surface area contributed by atoms with Crippen molar-refractivity contribution in [1.29, 1.82) is 0 Å². The molecule has 21 heavy (non-hydrogen) atoms. The van der Waals surface area contributed by atoms with Gasteiger partial charge in [0.25, 0.3) is 0 Å². The summed E-state index contributed by atoms with van der Waals surface area (Å²) in [4.78, 5) is 15.9. The molecule has 2 heterocycles. The average Bonchev–Trinajstić information content (AvgIpc) is 2.80. The lowest BCUT2D eigenvalue weighted by Crippen LogP contribution is -2.05. The van der Waals surface area contributed by atoms with Gasteiger partial charge in [0.15, 0.2) is 11.5 Å². The van der Waals surface area contributed by atoms with E-state index in [1.54, 1.807) is 22.7 Å². The molecule has 0 unspecified atom stereocenters. The van der Waals surface area contributed by atoms with Crippen LogP contribution in [0.2, 0.25) is 0 Å². The molecule has 0 fully saturated rings. The number of pyridine rings is 1. The Balaban J connectivity index is 2.14. The number of carboxylic acid groups (broad SMARTS) is 1. The summed E-state index contributed by atoms with van der Waals surface area (Å²) < 4.78 is 1.57. The third-order valence-corrected chi connectivity index (χ3v) is 3.38. The van der Waals surface area contributed by atoms with Crippen LogP contribution in [0.1, 0.15) is 21.6 Å². The van der Waals surface area contributed by atoms with E-state index in [1.165, 1.54) is 0 Å². The van der Waals surface area contributed by atoms with Gasteiger partial charge in [0.05, 0.1) is 0 Å². The molecule has 3 rings (SSSR count). The minimum Gasteiger partial charge on any atom is -0.476 e. The molecule has 3 aromatic rings. The number of benzene rings is 1. The zero-order valence-electron chi connectivity index (χ0n) is 11.8. The van der Waals surface area contributed by atoms with E-state index in [2.05, 4.69) is 10.3 Å². The summed E-state index contributed by atoms with van der Waals surface area (Å²) in [6, 6.07) is 11.4. The minimum absolute atomic E-state index is 0.131. The second-order valence-corrected chi connectivity index (χ2v) is 4.99. The van der Waals surface area contributed by atoms with E-state index in [1.807, 2.05) is 38.1 Å². The lowest BCUT2D eigenvalue weighted by atomic mass is 10.1. The first-order chi connectivity index (χ1) is 10.1. The summed E-state index contributed by atoms with van der Waals surface area (Å²) in [6.45, 7) is 3.96. The fourth-order valence-corrected chi connectivity index (χ4v) is 2.29. The first-order valence-electron chi connectivity index (χ1n) is 6.61. The minimum atomic E-state index is -1.01. The predicted octanol–water partition coefficient (Wildman–Crippen LogP) is 3.39. The molecule has 1 aromatic carbocycles. The zero-order chi connectivity index (χ0) is 15.0. The van der Waals surface area contributed by atoms with Crippen LogP contribution >= 0.6 is 0 Å². The van der Waals surface area contributed by atoms with Gasteiger partial charge in [-0.25, -0.2) is 9.78 Å². The molecule has 5 nitrogen and oxygen atoms in total. The van der Waals surface area contributed by atoms with Crippen LogP contribution in [-0.2, 0) is 0 Å². The van der Waals surface area contributed by atoms with Crippen molar-refractivity contribution < 1.29 is 9.90 Å². The highest BCUT2D eigenvalue weighted by Crippen LogP contribution is 2.25. The number of aryl methyl sites for hydroxylation is 2. The zero-order valence-corrected chi connectivity index (χ0v) is 11.8. The van der Waals surface area contributed by atoms with Crippen LogP contribution in [0, 0.1) is 13.8 Å². The maximum atomic E-state index is 11.5. The maximum Gasteiger partial charge on any atom is 0.356 e. The molecule has 106 valence electrons. The van der Waals surface area contributed by atoms with Gasteiger partial charge in [-0.2, -0.15) is 0 Å². The summed E-state index contributed by atoms with van der Waals surface area (Å²) in [7, 11) is 0. The molecule has 0 aliphatic rings. The third kappa shape index (κ3) is 2.33. The van der Waals surface area contributed by atoms with Crippen LogP contribution in [0.5, 0.6) is 0 Å². The highest BCUT2D eigenvalue weighted by atomic mass is 16.4. The molecule has 0 bridgehead atoms. The first-order valence-corrected chi connectivity index (χ1v) is 6.61. The number of nitrogens with one attached hydrogen (secondary N) is 1. The van der Waals surface area contributed by atoms with E-state index in [0.717, 1.165) is 16.8 Å². The number of imidazole rings is 1. The summed E-state index contributed by atoms with van der Waals surface area (Å²) >= 11 is 0. The summed E-state index contributed by atoms with van der Waals surface area (Å²) in [6.07, 6.45) is 1.69. The molecule has 5 heteroatoms. The second-order valence-electron chi connectivity index (χ2n) is 4.99. The molecular weight excluding hydrogens is 266 g/mol. The van der Waals surface area contributed by atoms with Gasteiger partial charge in [-0.3, -0.25) is 4.40 Å². The Bertz CT molecular complexity index is 837. The number of aromatic nitrogens is 2. The molecule has 2 N–H and O–H groups in total. The number of carboxylic acids is 1. The van der Waals surface area contributed by atoms with Gasteiger partial charge in [-0.1, -0.05) is 18.2 Å². The Labute approximate surface area is 121 Å². The van der Waals surface area contributed by atoms with E-state index in [9.17, 15) is 9.90 Å². The van der Waals surface area contributed by atoms with Gasteiger partial charge in [0, 0.05) is 11.9 Å². The van der Waals surface area contributed by atoms with Gasteiger partial charge in [0.1, 0.15) is 5.65 Å². The smallest absolute Gasteiger partial charge is 0.356 e. The number of hydrogen-bond acceptors (Lipinski definition) is 3. The monoisotopic (exact) mass is 281 g/mol. The van der Waals surface area contributed by atoms with Crippen molar-refractivity contribution in [3.8, 4) is 0 Å². The van der Waals surface area contributed by atoms with Gasteiger partial charge in [0.2, 0.25) is 0 Å². The molecule has 0 aliphatic carbocycles.